The third-order valence-corrected chi connectivity index (χ3v) is 4.89. The van der Waals surface area contributed by atoms with Gasteiger partial charge in [-0.05, 0) is 6.92 Å². The maximum atomic E-state index is 5.43. The van der Waals surface area contributed by atoms with Gasteiger partial charge in [0.1, 0.15) is 6.61 Å². The van der Waals surface area contributed by atoms with Gasteiger partial charge in [0.2, 0.25) is 5.88 Å². The Hall–Kier alpha value is 0.340. The zero-order valence-corrected chi connectivity index (χ0v) is 11.5. The van der Waals surface area contributed by atoms with Crippen LogP contribution < -0.4 is 4.74 Å². The molecule has 1 aromatic rings. The van der Waals surface area contributed by atoms with E-state index in [9.17, 15) is 0 Å². The summed E-state index contributed by atoms with van der Waals surface area (Å²) in [6, 6.07) is 0. The first kappa shape index (κ1) is 11.4. The molecule has 3 nitrogen and oxygen atoms in total. The Morgan fingerprint density at radius 2 is 2.23 bits per heavy atom. The number of hydrogen-bond donors (Lipinski definition) is 0. The first-order chi connectivity index (χ1) is 6.22. The lowest BCUT2D eigenvalue weighted by molar-refractivity contribution is 0.313. The quantitative estimate of drug-likeness (QED) is 0.572. The number of halogens is 2. The van der Waals surface area contributed by atoms with Crippen molar-refractivity contribution in [2.75, 3.05) is 11.0 Å². The third kappa shape index (κ3) is 4.39. The first-order valence-electron chi connectivity index (χ1n) is 3.84. The number of rotatable bonds is 4. The van der Waals surface area contributed by atoms with E-state index in [4.69, 9.17) is 4.74 Å². The number of hydrogen-bond acceptors (Lipinski definition) is 3. The number of alkyl halides is 2. The molecule has 13 heavy (non-hydrogen) atoms. The molecule has 0 saturated carbocycles. The molecule has 1 rings (SSSR count). The van der Waals surface area contributed by atoms with Crippen LogP contribution >= 0.6 is 45.2 Å². The van der Waals surface area contributed by atoms with Crippen LogP contribution in [0.4, 0.5) is 0 Å². The third-order valence-electron chi connectivity index (χ3n) is 1.34. The van der Waals surface area contributed by atoms with Crippen LogP contribution in [-0.2, 0) is 0 Å². The minimum absolute atomic E-state index is 0.529. The van der Waals surface area contributed by atoms with Gasteiger partial charge in [-0.2, -0.15) is 0 Å². The zero-order chi connectivity index (χ0) is 9.68. The van der Waals surface area contributed by atoms with Crippen molar-refractivity contribution in [3.05, 3.63) is 18.1 Å². The second-order valence-electron chi connectivity index (χ2n) is 2.56. The van der Waals surface area contributed by atoms with Gasteiger partial charge in [-0.1, -0.05) is 45.2 Å². The van der Waals surface area contributed by atoms with Gasteiger partial charge in [-0.15, -0.1) is 0 Å². The molecule has 1 unspecified atom stereocenters. The number of aromatic nitrogens is 2. The van der Waals surface area contributed by atoms with Crippen molar-refractivity contribution >= 4 is 45.2 Å². The van der Waals surface area contributed by atoms with E-state index in [1.165, 1.54) is 0 Å². The summed E-state index contributed by atoms with van der Waals surface area (Å²) >= 11 is 4.70. The average Bonchev–Trinajstić information content (AvgIpc) is 2.16. The van der Waals surface area contributed by atoms with E-state index < -0.39 is 0 Å². The summed E-state index contributed by atoms with van der Waals surface area (Å²) in [6.07, 6.45) is 3.37. The van der Waals surface area contributed by atoms with Crippen molar-refractivity contribution in [2.24, 2.45) is 0 Å². The Balaban J connectivity index is 2.41. The lowest BCUT2D eigenvalue weighted by Gasteiger charge is -2.07. The van der Waals surface area contributed by atoms with E-state index in [1.807, 2.05) is 6.92 Å². The molecule has 0 aliphatic heterocycles. The van der Waals surface area contributed by atoms with Crippen LogP contribution in [-0.4, -0.2) is 24.9 Å². The molecule has 1 atom stereocenters. The fraction of sp³-hybridized carbons (Fsp3) is 0.500. The molecular weight excluding hydrogens is 394 g/mol. The minimum atomic E-state index is 0.529. The Morgan fingerprint density at radius 1 is 1.46 bits per heavy atom. The molecular formula is C8H10I2N2O. The Bertz CT molecular complexity index is 253. The Morgan fingerprint density at radius 3 is 2.77 bits per heavy atom. The van der Waals surface area contributed by atoms with Crippen LogP contribution in [0, 0.1) is 6.92 Å². The molecule has 1 heterocycles. The lowest BCUT2D eigenvalue weighted by Crippen LogP contribution is -2.12. The van der Waals surface area contributed by atoms with Crippen molar-refractivity contribution < 1.29 is 4.74 Å². The summed E-state index contributed by atoms with van der Waals surface area (Å²) in [4.78, 5) is 8.19. The highest BCUT2D eigenvalue weighted by atomic mass is 127. The van der Waals surface area contributed by atoms with E-state index in [0.29, 0.717) is 16.4 Å². The molecule has 0 radical (unpaired) electrons. The van der Waals surface area contributed by atoms with Crippen LogP contribution in [0.5, 0.6) is 5.88 Å². The molecule has 0 bridgehead atoms. The summed E-state index contributed by atoms with van der Waals surface area (Å²) in [5, 5.41) is 0. The van der Waals surface area contributed by atoms with Crippen LogP contribution in [0.3, 0.4) is 0 Å². The highest BCUT2D eigenvalue weighted by molar-refractivity contribution is 14.1. The SMILES string of the molecule is Cc1cnc(OCC(I)CI)cn1. The topological polar surface area (TPSA) is 35.0 Å². The van der Waals surface area contributed by atoms with Gasteiger partial charge in [0.15, 0.2) is 0 Å². The smallest absolute Gasteiger partial charge is 0.232 e. The van der Waals surface area contributed by atoms with Crippen LogP contribution in [0.25, 0.3) is 0 Å². The average molecular weight is 404 g/mol. The number of aryl methyl sites for hydroxylation is 1. The van der Waals surface area contributed by atoms with Gasteiger partial charge in [-0.25, -0.2) is 4.98 Å². The molecule has 72 valence electrons. The summed E-state index contributed by atoms with van der Waals surface area (Å²) in [5.74, 6) is 0.608. The van der Waals surface area contributed by atoms with Crippen LogP contribution in [0.1, 0.15) is 5.69 Å². The van der Waals surface area contributed by atoms with Gasteiger partial charge in [0, 0.05) is 4.43 Å². The van der Waals surface area contributed by atoms with Crippen molar-refractivity contribution in [1.82, 2.24) is 9.97 Å². The molecule has 0 aromatic carbocycles. The maximum Gasteiger partial charge on any atom is 0.232 e. The second kappa shape index (κ2) is 5.94. The van der Waals surface area contributed by atoms with E-state index in [2.05, 4.69) is 55.1 Å². The maximum absolute atomic E-state index is 5.43. The minimum Gasteiger partial charge on any atom is -0.475 e. The molecule has 0 aliphatic carbocycles. The normalized spacial score (nSPS) is 12.5. The van der Waals surface area contributed by atoms with Crippen LogP contribution in [0.15, 0.2) is 12.4 Å². The Kier molecular flexibility index (Phi) is 5.22. The first-order valence-corrected chi connectivity index (χ1v) is 6.61. The number of ether oxygens (including phenoxy) is 1. The van der Waals surface area contributed by atoms with Crippen molar-refractivity contribution in [2.45, 2.75) is 10.8 Å². The van der Waals surface area contributed by atoms with Gasteiger partial charge < -0.3 is 4.74 Å². The predicted octanol–water partition coefficient (Wildman–Crippen LogP) is 2.40. The van der Waals surface area contributed by atoms with Gasteiger partial charge in [0.25, 0.3) is 0 Å². The van der Waals surface area contributed by atoms with Crippen LogP contribution in [0.2, 0.25) is 0 Å². The zero-order valence-electron chi connectivity index (χ0n) is 7.20. The molecule has 0 amide bonds. The predicted molar refractivity (Wildman–Crippen MR) is 69.0 cm³/mol. The van der Waals surface area contributed by atoms with E-state index >= 15 is 0 Å². The Labute approximate surface area is 105 Å². The fourth-order valence-corrected chi connectivity index (χ4v) is 1.11. The van der Waals surface area contributed by atoms with E-state index in [0.717, 1.165) is 10.1 Å². The summed E-state index contributed by atoms with van der Waals surface area (Å²) in [6.45, 7) is 2.60. The van der Waals surface area contributed by atoms with Crippen molar-refractivity contribution in [1.29, 1.82) is 0 Å². The fourth-order valence-electron chi connectivity index (χ4n) is 0.676. The largest absolute Gasteiger partial charge is 0.475 e. The molecule has 0 saturated heterocycles. The summed E-state index contributed by atoms with van der Waals surface area (Å²) in [7, 11) is 0. The molecule has 5 heteroatoms. The molecule has 0 aliphatic rings. The van der Waals surface area contributed by atoms with Crippen molar-refractivity contribution in [3.63, 3.8) is 0 Å². The van der Waals surface area contributed by atoms with Gasteiger partial charge in [-0.3, -0.25) is 4.98 Å². The standard InChI is InChI=1S/C8H10I2N2O/c1-6-3-12-8(4-11-6)13-5-7(10)2-9/h3-4,7H,2,5H2,1H3. The lowest BCUT2D eigenvalue weighted by atomic mass is 10.5. The molecule has 0 spiro atoms. The summed E-state index contributed by atoms with van der Waals surface area (Å²) in [5.41, 5.74) is 0.910. The summed E-state index contributed by atoms with van der Waals surface area (Å²) < 4.78 is 7.04. The van der Waals surface area contributed by atoms with E-state index in [-0.39, 0.29) is 0 Å². The molecule has 0 N–H and O–H groups in total. The monoisotopic (exact) mass is 404 g/mol. The highest BCUT2D eigenvalue weighted by Gasteiger charge is 2.03. The van der Waals surface area contributed by atoms with Crippen molar-refractivity contribution in [3.8, 4) is 5.88 Å². The van der Waals surface area contributed by atoms with Gasteiger partial charge >= 0.3 is 0 Å². The molecule has 0 fully saturated rings. The highest BCUT2D eigenvalue weighted by Crippen LogP contribution is 2.09. The van der Waals surface area contributed by atoms with E-state index in [1.54, 1.807) is 12.4 Å². The molecule has 1 aromatic heterocycles. The number of nitrogens with zero attached hydrogens (tertiary/aromatic N) is 2. The second-order valence-corrected chi connectivity index (χ2v) is 5.20. The van der Waals surface area contributed by atoms with Gasteiger partial charge in [0.05, 0.1) is 22.0 Å².